The van der Waals surface area contributed by atoms with Crippen LogP contribution in [0.1, 0.15) is 18.4 Å². The second kappa shape index (κ2) is 6.61. The minimum absolute atomic E-state index is 0.0498. The number of halogens is 1. The van der Waals surface area contributed by atoms with Crippen molar-refractivity contribution in [2.24, 2.45) is 0 Å². The Morgan fingerprint density at radius 3 is 2.88 bits per heavy atom. The van der Waals surface area contributed by atoms with Gasteiger partial charge in [0, 0.05) is 24.6 Å². The summed E-state index contributed by atoms with van der Waals surface area (Å²) in [6, 6.07) is 3.71. The van der Waals surface area contributed by atoms with Gasteiger partial charge in [0.1, 0.15) is 0 Å². The third kappa shape index (κ3) is 4.36. The molecule has 1 aromatic carbocycles. The minimum atomic E-state index is -0.0498. The number of rotatable bonds is 5. The predicted octanol–water partition coefficient (Wildman–Crippen LogP) is 2.70. The highest BCUT2D eigenvalue weighted by atomic mass is 79.9. The number of aryl methyl sites for hydroxylation is 1. The summed E-state index contributed by atoms with van der Waals surface area (Å²) < 4.78 is 5.79. The first kappa shape index (κ1) is 14.0. The standard InChI is InChI=1S/C12H17BrN2O2/c1-8-6-9(13)7-10(12(8)14)15-11(16)4-3-5-17-2/h6-7H,3-5,14H2,1-2H3,(H,15,16). The monoisotopic (exact) mass is 300 g/mol. The van der Waals surface area contributed by atoms with E-state index < -0.39 is 0 Å². The number of benzene rings is 1. The number of amides is 1. The predicted molar refractivity (Wildman–Crippen MR) is 73.0 cm³/mol. The summed E-state index contributed by atoms with van der Waals surface area (Å²) in [5.41, 5.74) is 8.09. The van der Waals surface area contributed by atoms with Gasteiger partial charge in [-0.1, -0.05) is 15.9 Å². The molecule has 0 atom stereocenters. The highest BCUT2D eigenvalue weighted by molar-refractivity contribution is 9.10. The Morgan fingerprint density at radius 1 is 1.53 bits per heavy atom. The fourth-order valence-electron chi connectivity index (χ4n) is 1.45. The van der Waals surface area contributed by atoms with E-state index in [-0.39, 0.29) is 5.91 Å². The minimum Gasteiger partial charge on any atom is -0.397 e. The van der Waals surface area contributed by atoms with Crippen LogP contribution in [0.3, 0.4) is 0 Å². The maximum atomic E-state index is 11.6. The number of carbonyl (C=O) groups excluding carboxylic acids is 1. The van der Waals surface area contributed by atoms with Gasteiger partial charge in [0.2, 0.25) is 5.91 Å². The maximum Gasteiger partial charge on any atom is 0.224 e. The third-order valence-corrected chi connectivity index (χ3v) is 2.84. The van der Waals surface area contributed by atoms with E-state index in [2.05, 4.69) is 21.2 Å². The second-order valence-corrected chi connectivity index (χ2v) is 4.74. The zero-order valence-electron chi connectivity index (χ0n) is 10.0. The molecule has 0 saturated heterocycles. The molecule has 0 aliphatic rings. The molecular formula is C12H17BrN2O2. The molecule has 0 radical (unpaired) electrons. The third-order valence-electron chi connectivity index (χ3n) is 2.38. The normalized spacial score (nSPS) is 10.3. The number of nitrogen functional groups attached to an aromatic ring is 1. The Hall–Kier alpha value is -1.07. The Labute approximate surface area is 110 Å². The molecule has 3 N–H and O–H groups in total. The van der Waals surface area contributed by atoms with E-state index in [0.717, 1.165) is 10.0 Å². The van der Waals surface area contributed by atoms with Crippen LogP contribution in [-0.2, 0) is 9.53 Å². The van der Waals surface area contributed by atoms with Gasteiger partial charge < -0.3 is 15.8 Å². The number of nitrogens with two attached hydrogens (primary N) is 1. The van der Waals surface area contributed by atoms with Crippen LogP contribution in [-0.4, -0.2) is 19.6 Å². The molecule has 1 amide bonds. The lowest BCUT2D eigenvalue weighted by atomic mass is 10.1. The molecule has 0 unspecified atom stereocenters. The van der Waals surface area contributed by atoms with Crippen molar-refractivity contribution in [3.63, 3.8) is 0 Å². The first-order valence-electron chi connectivity index (χ1n) is 5.39. The number of hydrogen-bond donors (Lipinski definition) is 2. The van der Waals surface area contributed by atoms with E-state index in [0.29, 0.717) is 30.8 Å². The Bertz CT molecular complexity index is 408. The summed E-state index contributed by atoms with van der Waals surface area (Å²) in [5, 5.41) is 2.80. The topological polar surface area (TPSA) is 64.3 Å². The zero-order valence-corrected chi connectivity index (χ0v) is 11.6. The molecule has 0 aliphatic carbocycles. The number of methoxy groups -OCH3 is 1. The van der Waals surface area contributed by atoms with Gasteiger partial charge in [0.15, 0.2) is 0 Å². The lowest BCUT2D eigenvalue weighted by Gasteiger charge is -2.11. The molecule has 1 rings (SSSR count). The van der Waals surface area contributed by atoms with Crippen molar-refractivity contribution in [2.45, 2.75) is 19.8 Å². The van der Waals surface area contributed by atoms with Gasteiger partial charge in [-0.05, 0) is 31.0 Å². The van der Waals surface area contributed by atoms with Gasteiger partial charge in [-0.2, -0.15) is 0 Å². The maximum absolute atomic E-state index is 11.6. The molecule has 0 heterocycles. The number of hydrogen-bond acceptors (Lipinski definition) is 3. The van der Waals surface area contributed by atoms with E-state index in [9.17, 15) is 4.79 Å². The van der Waals surface area contributed by atoms with Crippen molar-refractivity contribution in [1.82, 2.24) is 0 Å². The van der Waals surface area contributed by atoms with Crippen LogP contribution in [0.25, 0.3) is 0 Å². The van der Waals surface area contributed by atoms with E-state index >= 15 is 0 Å². The summed E-state index contributed by atoms with van der Waals surface area (Å²) in [5.74, 6) is -0.0498. The smallest absolute Gasteiger partial charge is 0.224 e. The van der Waals surface area contributed by atoms with Gasteiger partial charge >= 0.3 is 0 Å². The fraction of sp³-hybridized carbons (Fsp3) is 0.417. The van der Waals surface area contributed by atoms with Crippen molar-refractivity contribution in [3.8, 4) is 0 Å². The van der Waals surface area contributed by atoms with Crippen LogP contribution >= 0.6 is 15.9 Å². The molecule has 0 saturated carbocycles. The van der Waals surface area contributed by atoms with Gasteiger partial charge in [-0.15, -0.1) is 0 Å². The van der Waals surface area contributed by atoms with Gasteiger partial charge in [-0.25, -0.2) is 0 Å². The highest BCUT2D eigenvalue weighted by Crippen LogP contribution is 2.27. The van der Waals surface area contributed by atoms with Crippen LogP contribution < -0.4 is 11.1 Å². The fourth-order valence-corrected chi connectivity index (χ4v) is 2.02. The molecule has 5 heteroatoms. The SMILES string of the molecule is COCCCC(=O)Nc1cc(Br)cc(C)c1N. The van der Waals surface area contributed by atoms with Crippen molar-refractivity contribution in [3.05, 3.63) is 22.2 Å². The number of anilines is 2. The van der Waals surface area contributed by atoms with E-state index in [1.54, 1.807) is 13.2 Å². The summed E-state index contributed by atoms with van der Waals surface area (Å²) in [6.45, 7) is 2.49. The van der Waals surface area contributed by atoms with Gasteiger partial charge in [0.25, 0.3) is 0 Å². The molecule has 0 aromatic heterocycles. The molecule has 0 spiro atoms. The summed E-state index contributed by atoms with van der Waals surface area (Å²) >= 11 is 3.37. The summed E-state index contributed by atoms with van der Waals surface area (Å²) in [4.78, 5) is 11.6. The van der Waals surface area contributed by atoms with E-state index in [4.69, 9.17) is 10.5 Å². The number of nitrogens with one attached hydrogen (secondary N) is 1. The Balaban J connectivity index is 2.65. The second-order valence-electron chi connectivity index (χ2n) is 3.83. The largest absolute Gasteiger partial charge is 0.397 e. The zero-order chi connectivity index (χ0) is 12.8. The van der Waals surface area contributed by atoms with Crippen molar-refractivity contribution in [1.29, 1.82) is 0 Å². The molecule has 17 heavy (non-hydrogen) atoms. The van der Waals surface area contributed by atoms with Crippen LogP contribution in [0.2, 0.25) is 0 Å². The number of ether oxygens (including phenoxy) is 1. The van der Waals surface area contributed by atoms with Crippen LogP contribution in [0.15, 0.2) is 16.6 Å². The summed E-state index contributed by atoms with van der Waals surface area (Å²) in [7, 11) is 1.62. The van der Waals surface area contributed by atoms with Crippen LogP contribution in [0.4, 0.5) is 11.4 Å². The molecule has 1 aromatic rings. The lowest BCUT2D eigenvalue weighted by molar-refractivity contribution is -0.116. The van der Waals surface area contributed by atoms with Crippen LogP contribution in [0.5, 0.6) is 0 Å². The molecule has 94 valence electrons. The average molecular weight is 301 g/mol. The average Bonchev–Trinajstić information content (AvgIpc) is 2.25. The van der Waals surface area contributed by atoms with Crippen molar-refractivity contribution >= 4 is 33.2 Å². The van der Waals surface area contributed by atoms with E-state index in [1.807, 2.05) is 13.0 Å². The first-order chi connectivity index (χ1) is 8.04. The summed E-state index contributed by atoms with van der Waals surface area (Å²) in [6.07, 6.45) is 1.13. The molecular weight excluding hydrogens is 284 g/mol. The van der Waals surface area contributed by atoms with Crippen molar-refractivity contribution in [2.75, 3.05) is 24.8 Å². The van der Waals surface area contributed by atoms with Crippen molar-refractivity contribution < 1.29 is 9.53 Å². The lowest BCUT2D eigenvalue weighted by Crippen LogP contribution is -2.13. The Kier molecular flexibility index (Phi) is 5.44. The van der Waals surface area contributed by atoms with E-state index in [1.165, 1.54) is 0 Å². The molecule has 0 aliphatic heterocycles. The first-order valence-corrected chi connectivity index (χ1v) is 6.18. The van der Waals surface area contributed by atoms with Crippen LogP contribution in [0, 0.1) is 6.92 Å². The molecule has 4 nitrogen and oxygen atoms in total. The molecule has 0 bridgehead atoms. The highest BCUT2D eigenvalue weighted by Gasteiger charge is 2.08. The molecule has 0 fully saturated rings. The van der Waals surface area contributed by atoms with Gasteiger partial charge in [0.05, 0.1) is 11.4 Å². The Morgan fingerprint density at radius 2 is 2.24 bits per heavy atom. The van der Waals surface area contributed by atoms with Gasteiger partial charge in [-0.3, -0.25) is 4.79 Å². The quantitative estimate of drug-likeness (QED) is 0.649. The number of carbonyl (C=O) groups is 1.